The zero-order valence-corrected chi connectivity index (χ0v) is 18.4. The highest BCUT2D eigenvalue weighted by Crippen LogP contribution is 2.35. The molecule has 0 saturated carbocycles. The normalized spacial score (nSPS) is 17.4. The molecule has 1 aromatic heterocycles. The number of rotatable bonds is 5. The number of piperidine rings is 1. The summed E-state index contributed by atoms with van der Waals surface area (Å²) in [6.07, 6.45) is -1.50. The number of likely N-dealkylation sites (tertiary alicyclic amines) is 1. The summed E-state index contributed by atoms with van der Waals surface area (Å²) in [6, 6.07) is 4.20. The van der Waals surface area contributed by atoms with Gasteiger partial charge in [0.2, 0.25) is 6.79 Å². The van der Waals surface area contributed by atoms with E-state index in [1.807, 2.05) is 10.9 Å². The van der Waals surface area contributed by atoms with Gasteiger partial charge in [-0.2, -0.15) is 13.2 Å². The Kier molecular flexibility index (Phi) is 7.80. The Balaban J connectivity index is 0.000000383. The smallest absolute Gasteiger partial charge is 0.475 e. The predicted octanol–water partition coefficient (Wildman–Crippen LogP) is 2.91. The molecule has 182 valence electrons. The quantitative estimate of drug-likeness (QED) is 0.684. The van der Waals surface area contributed by atoms with Crippen LogP contribution in [0.4, 0.5) is 13.2 Å². The summed E-state index contributed by atoms with van der Waals surface area (Å²) < 4.78 is 44.6. The van der Waals surface area contributed by atoms with Gasteiger partial charge in [0.15, 0.2) is 11.5 Å². The second-order valence-electron chi connectivity index (χ2n) is 8.20. The van der Waals surface area contributed by atoms with Gasteiger partial charge in [-0.15, -0.1) is 5.10 Å². The Morgan fingerprint density at radius 3 is 2.39 bits per heavy atom. The number of nitrogens with zero attached hydrogens (tertiary/aromatic N) is 4. The van der Waals surface area contributed by atoms with E-state index in [4.69, 9.17) is 19.4 Å². The number of aromatic nitrogens is 3. The van der Waals surface area contributed by atoms with E-state index in [9.17, 15) is 18.3 Å². The summed E-state index contributed by atoms with van der Waals surface area (Å²) in [5.74, 6) is -0.435. The fraction of sp³-hybridized carbons (Fsp3) is 0.571. The molecule has 33 heavy (non-hydrogen) atoms. The van der Waals surface area contributed by atoms with E-state index >= 15 is 0 Å². The van der Waals surface area contributed by atoms with Crippen molar-refractivity contribution >= 4 is 5.97 Å². The van der Waals surface area contributed by atoms with Crippen LogP contribution in [0.5, 0.6) is 11.5 Å². The third kappa shape index (κ3) is 6.81. The number of hydrogen-bond donors (Lipinski definition) is 2. The highest BCUT2D eigenvalue weighted by atomic mass is 19.4. The van der Waals surface area contributed by atoms with Crippen molar-refractivity contribution in [2.24, 2.45) is 5.92 Å². The Bertz CT molecular complexity index is 956. The number of aryl methyl sites for hydroxylation is 1. The molecule has 12 heteroatoms. The minimum Gasteiger partial charge on any atom is -0.475 e. The van der Waals surface area contributed by atoms with Crippen LogP contribution in [0.15, 0.2) is 18.3 Å². The number of aliphatic hydroxyl groups is 1. The van der Waals surface area contributed by atoms with Gasteiger partial charge in [0, 0.05) is 13.1 Å². The van der Waals surface area contributed by atoms with Gasteiger partial charge in [0.25, 0.3) is 0 Å². The lowest BCUT2D eigenvalue weighted by atomic mass is 9.96. The van der Waals surface area contributed by atoms with Crippen LogP contribution < -0.4 is 9.47 Å². The van der Waals surface area contributed by atoms with Crippen molar-refractivity contribution in [3.63, 3.8) is 0 Å². The first-order valence-corrected chi connectivity index (χ1v) is 10.5. The van der Waals surface area contributed by atoms with Crippen molar-refractivity contribution in [2.75, 3.05) is 19.9 Å². The van der Waals surface area contributed by atoms with E-state index in [1.165, 1.54) is 11.1 Å². The Morgan fingerprint density at radius 1 is 1.24 bits per heavy atom. The Morgan fingerprint density at radius 2 is 1.85 bits per heavy atom. The van der Waals surface area contributed by atoms with Crippen molar-refractivity contribution in [2.45, 2.75) is 52.1 Å². The lowest BCUT2D eigenvalue weighted by Gasteiger charge is -2.32. The molecule has 9 nitrogen and oxygen atoms in total. The van der Waals surface area contributed by atoms with Crippen molar-refractivity contribution < 1.29 is 37.7 Å². The third-order valence-corrected chi connectivity index (χ3v) is 5.60. The third-order valence-electron chi connectivity index (χ3n) is 5.60. The van der Waals surface area contributed by atoms with Crippen LogP contribution in [-0.2, 0) is 17.9 Å². The van der Waals surface area contributed by atoms with Crippen LogP contribution in [0, 0.1) is 12.8 Å². The van der Waals surface area contributed by atoms with E-state index in [0.29, 0.717) is 18.4 Å². The number of carbonyl (C=O) groups is 1. The summed E-state index contributed by atoms with van der Waals surface area (Å²) >= 11 is 0. The second kappa shape index (κ2) is 10.4. The molecule has 4 rings (SSSR count). The average Bonchev–Trinajstić information content (AvgIpc) is 3.39. The zero-order valence-electron chi connectivity index (χ0n) is 18.4. The van der Waals surface area contributed by atoms with Gasteiger partial charge in [0.05, 0.1) is 12.3 Å². The van der Waals surface area contributed by atoms with Crippen LogP contribution in [0.2, 0.25) is 0 Å². The van der Waals surface area contributed by atoms with Gasteiger partial charge in [-0.3, -0.25) is 9.58 Å². The maximum absolute atomic E-state index is 10.6. The fourth-order valence-corrected chi connectivity index (χ4v) is 3.68. The lowest BCUT2D eigenvalue weighted by Crippen LogP contribution is -2.34. The number of ether oxygens (including phenoxy) is 2. The SMILES string of the molecule is Cc1cc2c(cc1CN1CCC(Cn3cc(C(C)O)nn3)CC1)OCO2.O=C(O)C(F)(F)F. The summed E-state index contributed by atoms with van der Waals surface area (Å²) in [4.78, 5) is 11.4. The minimum atomic E-state index is -5.08. The first kappa shape index (κ1) is 24.8. The average molecular weight is 472 g/mol. The van der Waals surface area contributed by atoms with Gasteiger partial charge in [-0.1, -0.05) is 5.21 Å². The maximum atomic E-state index is 10.6. The molecule has 0 bridgehead atoms. The largest absolute Gasteiger partial charge is 0.490 e. The highest BCUT2D eigenvalue weighted by molar-refractivity contribution is 5.73. The molecule has 0 aliphatic carbocycles. The highest BCUT2D eigenvalue weighted by Gasteiger charge is 2.38. The molecule has 0 radical (unpaired) electrons. The van der Waals surface area contributed by atoms with E-state index in [0.717, 1.165) is 50.5 Å². The molecule has 1 saturated heterocycles. The summed E-state index contributed by atoms with van der Waals surface area (Å²) in [7, 11) is 0. The molecule has 1 aromatic carbocycles. The zero-order chi connectivity index (χ0) is 24.2. The molecule has 3 heterocycles. The molecular weight excluding hydrogens is 445 g/mol. The van der Waals surface area contributed by atoms with Gasteiger partial charge in [0.1, 0.15) is 5.69 Å². The van der Waals surface area contributed by atoms with Crippen LogP contribution in [0.1, 0.15) is 42.7 Å². The topological polar surface area (TPSA) is 110 Å². The van der Waals surface area contributed by atoms with Gasteiger partial charge >= 0.3 is 12.1 Å². The number of alkyl halides is 3. The minimum absolute atomic E-state index is 0.322. The number of carboxylic acids is 1. The van der Waals surface area contributed by atoms with E-state index < -0.39 is 18.2 Å². The number of hydrogen-bond acceptors (Lipinski definition) is 7. The summed E-state index contributed by atoms with van der Waals surface area (Å²) in [5.41, 5.74) is 3.20. The van der Waals surface area contributed by atoms with Gasteiger partial charge in [-0.25, -0.2) is 4.79 Å². The molecular formula is C21H27F3N4O5. The van der Waals surface area contributed by atoms with Crippen LogP contribution in [-0.4, -0.2) is 62.1 Å². The Hall–Kier alpha value is -2.86. The second-order valence-corrected chi connectivity index (χ2v) is 8.20. The fourth-order valence-electron chi connectivity index (χ4n) is 3.68. The predicted molar refractivity (Wildman–Crippen MR) is 110 cm³/mol. The molecule has 1 fully saturated rings. The molecule has 2 aromatic rings. The molecule has 2 N–H and O–H groups in total. The number of aliphatic hydroxyl groups excluding tert-OH is 1. The maximum Gasteiger partial charge on any atom is 0.490 e. The monoisotopic (exact) mass is 472 g/mol. The van der Waals surface area contributed by atoms with Crippen molar-refractivity contribution in [3.05, 3.63) is 35.2 Å². The Labute approximate surface area is 188 Å². The number of fused-ring (bicyclic) bond motifs is 1. The van der Waals surface area contributed by atoms with Gasteiger partial charge < -0.3 is 19.7 Å². The van der Waals surface area contributed by atoms with Crippen molar-refractivity contribution in [1.29, 1.82) is 0 Å². The van der Waals surface area contributed by atoms with Crippen LogP contribution in [0.3, 0.4) is 0 Å². The molecule has 2 aliphatic rings. The molecule has 0 amide bonds. The molecule has 2 aliphatic heterocycles. The van der Waals surface area contributed by atoms with Crippen molar-refractivity contribution in [3.8, 4) is 11.5 Å². The van der Waals surface area contributed by atoms with Crippen molar-refractivity contribution in [1.82, 2.24) is 19.9 Å². The summed E-state index contributed by atoms with van der Waals surface area (Å²) in [6.45, 7) is 8.15. The number of carboxylic acid groups (broad SMARTS) is 1. The van der Waals surface area contributed by atoms with Gasteiger partial charge in [-0.05, 0) is 69.0 Å². The van der Waals surface area contributed by atoms with E-state index in [1.54, 1.807) is 6.92 Å². The first-order chi connectivity index (χ1) is 15.5. The van der Waals surface area contributed by atoms with Crippen LogP contribution in [0.25, 0.3) is 0 Å². The summed E-state index contributed by atoms with van der Waals surface area (Å²) in [5, 5.41) is 24.8. The standard InChI is InChI=1S/C19H26N4O3.C2HF3O2/c1-13-7-18-19(26-12-25-18)8-16(13)10-22-5-3-15(4-6-22)9-23-11-17(14(2)24)20-21-23;3-2(4,5)1(6)7/h7-8,11,14-15,24H,3-6,9-10,12H2,1-2H3;(H,6,7). The molecule has 0 spiro atoms. The number of benzene rings is 1. The van der Waals surface area contributed by atoms with E-state index in [2.05, 4.69) is 34.3 Å². The van der Waals surface area contributed by atoms with Crippen LogP contribution >= 0.6 is 0 Å². The van der Waals surface area contributed by atoms with E-state index in [-0.39, 0.29) is 0 Å². The molecule has 1 atom stereocenters. The first-order valence-electron chi connectivity index (χ1n) is 10.5. The lowest BCUT2D eigenvalue weighted by molar-refractivity contribution is -0.192. The number of halogens is 3. The molecule has 1 unspecified atom stereocenters. The number of aliphatic carboxylic acids is 1.